The maximum atomic E-state index is 11.2. The fourth-order valence-corrected chi connectivity index (χ4v) is 1.49. The number of anilines is 1. The van der Waals surface area contributed by atoms with E-state index in [4.69, 9.17) is 27.9 Å². The van der Waals surface area contributed by atoms with Crippen molar-refractivity contribution in [2.75, 3.05) is 11.9 Å². The minimum Gasteiger partial charge on any atom is -0.450 e. The van der Waals surface area contributed by atoms with Crippen LogP contribution >= 0.6 is 23.2 Å². The van der Waals surface area contributed by atoms with Crippen LogP contribution in [0.15, 0.2) is 18.2 Å². The first-order valence-electron chi connectivity index (χ1n) is 4.45. The quantitative estimate of drug-likeness (QED) is 0.829. The minimum atomic E-state index is -0.494. The summed E-state index contributed by atoms with van der Waals surface area (Å²) in [6.07, 6.45) is -0.494. The Labute approximate surface area is 98.3 Å². The van der Waals surface area contributed by atoms with Crippen LogP contribution in [-0.4, -0.2) is 12.7 Å². The van der Waals surface area contributed by atoms with Crippen molar-refractivity contribution in [1.82, 2.24) is 0 Å². The average molecular weight is 248 g/mol. The lowest BCUT2D eigenvalue weighted by atomic mass is 10.2. The molecule has 0 atom stereocenters. The number of alkyl halides is 1. The summed E-state index contributed by atoms with van der Waals surface area (Å²) in [5.74, 6) is 0.280. The van der Waals surface area contributed by atoms with Crippen molar-refractivity contribution in [3.63, 3.8) is 0 Å². The first-order chi connectivity index (χ1) is 7.17. The highest BCUT2D eigenvalue weighted by molar-refractivity contribution is 6.30. The molecule has 15 heavy (non-hydrogen) atoms. The molecule has 0 radical (unpaired) electrons. The molecule has 5 heteroatoms. The Balaban J connectivity index is 2.80. The molecular weight excluding hydrogens is 237 g/mol. The highest BCUT2D eigenvalue weighted by atomic mass is 35.5. The Morgan fingerprint density at radius 1 is 1.53 bits per heavy atom. The van der Waals surface area contributed by atoms with Crippen molar-refractivity contribution in [3.8, 4) is 0 Å². The van der Waals surface area contributed by atoms with Gasteiger partial charge in [-0.3, -0.25) is 5.32 Å². The summed E-state index contributed by atoms with van der Waals surface area (Å²) < 4.78 is 4.75. The molecule has 0 saturated heterocycles. The molecule has 1 rings (SSSR count). The topological polar surface area (TPSA) is 38.3 Å². The first kappa shape index (κ1) is 12.1. The Morgan fingerprint density at radius 2 is 2.27 bits per heavy atom. The van der Waals surface area contributed by atoms with Crippen LogP contribution in [0.3, 0.4) is 0 Å². The Morgan fingerprint density at radius 3 is 2.87 bits per heavy atom. The fraction of sp³-hybridized carbons (Fsp3) is 0.300. The van der Waals surface area contributed by atoms with E-state index >= 15 is 0 Å². The Kier molecular flexibility index (Phi) is 4.72. The Bertz CT molecular complexity index is 355. The highest BCUT2D eigenvalue weighted by Crippen LogP contribution is 2.22. The monoisotopic (exact) mass is 247 g/mol. The van der Waals surface area contributed by atoms with Gasteiger partial charge in [-0.15, -0.1) is 11.6 Å². The smallest absolute Gasteiger partial charge is 0.411 e. The Hall–Kier alpha value is -0.930. The maximum absolute atomic E-state index is 11.2. The number of hydrogen-bond acceptors (Lipinski definition) is 2. The summed E-state index contributed by atoms with van der Waals surface area (Å²) in [6.45, 7) is 2.07. The first-order valence-corrected chi connectivity index (χ1v) is 5.36. The molecule has 0 bridgehead atoms. The third kappa shape index (κ3) is 3.61. The van der Waals surface area contributed by atoms with Gasteiger partial charge in [0, 0.05) is 16.6 Å². The number of halogens is 2. The van der Waals surface area contributed by atoms with E-state index in [1.54, 1.807) is 25.1 Å². The summed E-state index contributed by atoms with van der Waals surface area (Å²) in [4.78, 5) is 11.2. The minimum absolute atomic E-state index is 0.280. The summed E-state index contributed by atoms with van der Waals surface area (Å²) >= 11 is 11.5. The normalized spacial score (nSPS) is 9.80. The van der Waals surface area contributed by atoms with Crippen LogP contribution in [0.25, 0.3) is 0 Å². The number of rotatable bonds is 3. The van der Waals surface area contributed by atoms with Gasteiger partial charge in [0.05, 0.1) is 6.61 Å². The molecular formula is C10H11Cl2NO2. The van der Waals surface area contributed by atoms with E-state index in [2.05, 4.69) is 5.32 Å². The van der Waals surface area contributed by atoms with E-state index in [1.165, 1.54) is 0 Å². The molecule has 0 aliphatic carbocycles. The standard InChI is InChI=1S/C10H11Cl2NO2/c1-2-15-10(14)13-9-4-3-8(12)5-7(9)6-11/h3-5H,2,6H2,1H3,(H,13,14). The molecule has 0 unspecified atom stereocenters. The summed E-state index contributed by atoms with van der Waals surface area (Å²) in [5.41, 5.74) is 1.38. The average Bonchev–Trinajstić information content (AvgIpc) is 2.21. The van der Waals surface area contributed by atoms with Crippen LogP contribution < -0.4 is 5.32 Å². The fourth-order valence-electron chi connectivity index (χ4n) is 1.07. The molecule has 1 amide bonds. The summed E-state index contributed by atoms with van der Waals surface area (Å²) in [7, 11) is 0. The van der Waals surface area contributed by atoms with E-state index in [0.29, 0.717) is 17.3 Å². The zero-order valence-corrected chi connectivity index (χ0v) is 9.73. The van der Waals surface area contributed by atoms with E-state index in [-0.39, 0.29) is 5.88 Å². The second kappa shape index (κ2) is 5.83. The van der Waals surface area contributed by atoms with Gasteiger partial charge < -0.3 is 4.74 Å². The molecule has 3 nitrogen and oxygen atoms in total. The van der Waals surface area contributed by atoms with Gasteiger partial charge >= 0.3 is 6.09 Å². The second-order valence-electron chi connectivity index (χ2n) is 2.78. The molecule has 82 valence electrons. The van der Waals surface area contributed by atoms with Crippen LogP contribution in [0.1, 0.15) is 12.5 Å². The van der Waals surface area contributed by atoms with Crippen molar-refractivity contribution < 1.29 is 9.53 Å². The van der Waals surface area contributed by atoms with Gasteiger partial charge in [0.2, 0.25) is 0 Å². The van der Waals surface area contributed by atoms with Gasteiger partial charge in [-0.1, -0.05) is 11.6 Å². The molecule has 1 aromatic rings. The van der Waals surface area contributed by atoms with Crippen LogP contribution in [0, 0.1) is 0 Å². The lowest BCUT2D eigenvalue weighted by molar-refractivity contribution is 0.168. The molecule has 0 aromatic heterocycles. The van der Waals surface area contributed by atoms with Crippen molar-refractivity contribution >= 4 is 35.0 Å². The summed E-state index contributed by atoms with van der Waals surface area (Å²) in [5, 5.41) is 3.17. The molecule has 1 N–H and O–H groups in total. The van der Waals surface area contributed by atoms with Gasteiger partial charge in [0.25, 0.3) is 0 Å². The molecule has 0 aliphatic heterocycles. The SMILES string of the molecule is CCOC(=O)Nc1ccc(Cl)cc1CCl. The predicted octanol–water partition coefficient (Wildman–Crippen LogP) is 3.65. The number of ether oxygens (including phenoxy) is 1. The number of carbonyl (C=O) groups excluding carboxylic acids is 1. The molecule has 0 fully saturated rings. The van der Waals surface area contributed by atoms with Crippen LogP contribution in [0.2, 0.25) is 5.02 Å². The van der Waals surface area contributed by atoms with Crippen LogP contribution in [0.4, 0.5) is 10.5 Å². The van der Waals surface area contributed by atoms with Crippen molar-refractivity contribution in [3.05, 3.63) is 28.8 Å². The lowest BCUT2D eigenvalue weighted by Crippen LogP contribution is -2.14. The third-order valence-corrected chi connectivity index (χ3v) is 2.25. The maximum Gasteiger partial charge on any atom is 0.411 e. The number of carbonyl (C=O) groups is 1. The predicted molar refractivity (Wildman–Crippen MR) is 61.7 cm³/mol. The van der Waals surface area contributed by atoms with E-state index in [9.17, 15) is 4.79 Å². The third-order valence-electron chi connectivity index (χ3n) is 1.72. The largest absolute Gasteiger partial charge is 0.450 e. The van der Waals surface area contributed by atoms with Gasteiger partial charge in [0.15, 0.2) is 0 Å². The molecule has 0 spiro atoms. The molecule has 0 saturated carbocycles. The number of nitrogens with one attached hydrogen (secondary N) is 1. The van der Waals surface area contributed by atoms with Gasteiger partial charge in [-0.05, 0) is 30.7 Å². The van der Waals surface area contributed by atoms with E-state index < -0.39 is 6.09 Å². The second-order valence-corrected chi connectivity index (χ2v) is 3.48. The summed E-state index contributed by atoms with van der Waals surface area (Å²) in [6, 6.07) is 5.08. The van der Waals surface area contributed by atoms with Gasteiger partial charge in [-0.25, -0.2) is 4.79 Å². The molecule has 1 aromatic carbocycles. The van der Waals surface area contributed by atoms with Crippen LogP contribution in [0.5, 0.6) is 0 Å². The van der Waals surface area contributed by atoms with Crippen LogP contribution in [-0.2, 0) is 10.6 Å². The van der Waals surface area contributed by atoms with Gasteiger partial charge in [-0.2, -0.15) is 0 Å². The van der Waals surface area contributed by atoms with Crippen molar-refractivity contribution in [2.24, 2.45) is 0 Å². The zero-order valence-electron chi connectivity index (χ0n) is 8.22. The lowest BCUT2D eigenvalue weighted by Gasteiger charge is -2.09. The van der Waals surface area contributed by atoms with E-state index in [0.717, 1.165) is 5.56 Å². The highest BCUT2D eigenvalue weighted by Gasteiger charge is 2.06. The van der Waals surface area contributed by atoms with Crippen molar-refractivity contribution in [1.29, 1.82) is 0 Å². The van der Waals surface area contributed by atoms with E-state index in [1.807, 2.05) is 0 Å². The molecule has 0 heterocycles. The van der Waals surface area contributed by atoms with Crippen molar-refractivity contribution in [2.45, 2.75) is 12.8 Å². The van der Waals surface area contributed by atoms with Gasteiger partial charge in [0.1, 0.15) is 0 Å². The molecule has 0 aliphatic rings. The number of benzene rings is 1. The number of amides is 1. The number of hydrogen-bond donors (Lipinski definition) is 1. The zero-order chi connectivity index (χ0) is 11.3.